The van der Waals surface area contributed by atoms with E-state index in [2.05, 4.69) is 10.0 Å². The molecule has 6 nitrogen and oxygen atoms in total. The monoisotopic (exact) mass is 484 g/mol. The predicted molar refractivity (Wildman–Crippen MR) is 123 cm³/mol. The third-order valence-electron chi connectivity index (χ3n) is 5.98. The molecule has 0 unspecified atom stereocenters. The summed E-state index contributed by atoms with van der Waals surface area (Å²) in [6, 6.07) is 8.51. The van der Waals surface area contributed by atoms with Gasteiger partial charge in [-0.2, -0.15) is 0 Å². The largest absolute Gasteiger partial charge is 0.381 e. The van der Waals surface area contributed by atoms with Gasteiger partial charge in [-0.25, -0.2) is 13.1 Å². The molecule has 0 atom stereocenters. The van der Waals surface area contributed by atoms with Crippen LogP contribution in [0.15, 0.2) is 35.2 Å². The molecule has 1 amide bonds. The lowest BCUT2D eigenvalue weighted by molar-refractivity contribution is 0.0487. The van der Waals surface area contributed by atoms with E-state index in [-0.39, 0.29) is 10.8 Å². The van der Waals surface area contributed by atoms with Gasteiger partial charge in [0.15, 0.2) is 0 Å². The van der Waals surface area contributed by atoms with Crippen LogP contribution < -0.4 is 10.0 Å². The molecule has 3 rings (SSSR count). The topological polar surface area (TPSA) is 84.5 Å². The van der Waals surface area contributed by atoms with Crippen molar-refractivity contribution in [2.45, 2.75) is 37.0 Å². The highest BCUT2D eigenvalue weighted by molar-refractivity contribution is 7.89. The molecule has 0 radical (unpaired) electrons. The molecule has 0 bridgehead atoms. The lowest BCUT2D eigenvalue weighted by Gasteiger charge is -2.38. The Morgan fingerprint density at radius 2 is 1.81 bits per heavy atom. The molecule has 168 valence electrons. The molecular weight excluding hydrogens is 459 g/mol. The number of ether oxygens (including phenoxy) is 1. The summed E-state index contributed by atoms with van der Waals surface area (Å²) in [5, 5.41) is 4.09. The average Bonchev–Trinajstić information content (AvgIpc) is 2.74. The molecule has 1 fully saturated rings. The van der Waals surface area contributed by atoms with Gasteiger partial charge in [-0.3, -0.25) is 4.79 Å². The molecule has 2 N–H and O–H groups in total. The van der Waals surface area contributed by atoms with Crippen LogP contribution in [0, 0.1) is 13.8 Å². The number of rotatable bonds is 6. The van der Waals surface area contributed by atoms with Gasteiger partial charge in [0.1, 0.15) is 0 Å². The zero-order valence-electron chi connectivity index (χ0n) is 17.7. The molecule has 2 aromatic carbocycles. The van der Waals surface area contributed by atoms with Crippen LogP contribution in [0.2, 0.25) is 10.0 Å². The van der Waals surface area contributed by atoms with Crippen molar-refractivity contribution < 1.29 is 17.9 Å². The van der Waals surface area contributed by atoms with Gasteiger partial charge in [0.05, 0.1) is 4.90 Å². The zero-order valence-corrected chi connectivity index (χ0v) is 20.0. The first-order valence-electron chi connectivity index (χ1n) is 9.96. The Labute approximate surface area is 193 Å². The minimum Gasteiger partial charge on any atom is -0.381 e. The number of carbonyl (C=O) groups excluding carboxylic acids is 1. The Hall–Kier alpha value is -1.64. The van der Waals surface area contributed by atoms with Crippen LogP contribution in [0.1, 0.15) is 39.9 Å². The second kappa shape index (κ2) is 9.46. The van der Waals surface area contributed by atoms with Crippen LogP contribution in [-0.2, 0) is 20.2 Å². The fraction of sp³-hybridized carbons (Fsp3) is 0.409. The third kappa shape index (κ3) is 5.07. The molecule has 0 aliphatic carbocycles. The van der Waals surface area contributed by atoms with Crippen molar-refractivity contribution in [2.75, 3.05) is 26.8 Å². The Bertz CT molecular complexity index is 1100. The molecule has 9 heteroatoms. The summed E-state index contributed by atoms with van der Waals surface area (Å²) in [6.45, 7) is 4.97. The Balaban J connectivity index is 1.90. The van der Waals surface area contributed by atoms with E-state index < -0.39 is 15.4 Å². The van der Waals surface area contributed by atoms with Crippen molar-refractivity contribution >= 4 is 39.1 Å². The van der Waals surface area contributed by atoms with Gasteiger partial charge in [0, 0.05) is 40.8 Å². The standard InChI is InChI=1S/C22H26Cl2N2O4S/c1-14-10-16(11-20(15(14)2)31(28,29)25-3)21(27)26-13-22(6-8-30-9-7-22)18-5-4-17(23)12-19(18)24/h4-5,10-12,25H,6-9,13H2,1-3H3,(H,26,27). The highest BCUT2D eigenvalue weighted by Gasteiger charge is 2.36. The second-order valence-electron chi connectivity index (χ2n) is 7.82. The van der Waals surface area contributed by atoms with E-state index in [0.29, 0.717) is 53.8 Å². The van der Waals surface area contributed by atoms with Crippen molar-refractivity contribution in [2.24, 2.45) is 0 Å². The SMILES string of the molecule is CNS(=O)(=O)c1cc(C(=O)NCC2(c3ccc(Cl)cc3Cl)CCOCC2)cc(C)c1C. The summed E-state index contributed by atoms with van der Waals surface area (Å²) in [7, 11) is -2.34. The van der Waals surface area contributed by atoms with E-state index in [1.165, 1.54) is 13.1 Å². The van der Waals surface area contributed by atoms with Gasteiger partial charge in [-0.15, -0.1) is 0 Å². The summed E-state index contributed by atoms with van der Waals surface area (Å²) in [6.07, 6.45) is 1.39. The van der Waals surface area contributed by atoms with Gasteiger partial charge in [0.2, 0.25) is 10.0 Å². The van der Waals surface area contributed by atoms with Gasteiger partial charge >= 0.3 is 0 Å². The van der Waals surface area contributed by atoms with E-state index in [0.717, 1.165) is 11.1 Å². The highest BCUT2D eigenvalue weighted by Crippen LogP contribution is 2.39. The fourth-order valence-electron chi connectivity index (χ4n) is 3.92. The minimum absolute atomic E-state index is 0.0988. The molecule has 2 aromatic rings. The third-order valence-corrected chi connectivity index (χ3v) is 8.07. The van der Waals surface area contributed by atoms with Gasteiger partial charge in [0.25, 0.3) is 5.91 Å². The lowest BCUT2D eigenvalue weighted by Crippen LogP contribution is -2.44. The molecule has 0 aromatic heterocycles. The van der Waals surface area contributed by atoms with E-state index in [1.54, 1.807) is 32.0 Å². The van der Waals surface area contributed by atoms with Crippen molar-refractivity contribution in [1.82, 2.24) is 10.0 Å². The minimum atomic E-state index is -3.68. The Morgan fingerprint density at radius 1 is 1.13 bits per heavy atom. The summed E-state index contributed by atoms with van der Waals surface area (Å²) in [4.78, 5) is 13.1. The summed E-state index contributed by atoms with van der Waals surface area (Å²) < 4.78 is 32.6. The van der Waals surface area contributed by atoms with Crippen LogP contribution in [-0.4, -0.2) is 41.1 Å². The van der Waals surface area contributed by atoms with Gasteiger partial charge in [-0.1, -0.05) is 29.3 Å². The molecule has 0 spiro atoms. The van der Waals surface area contributed by atoms with Crippen molar-refractivity contribution in [3.8, 4) is 0 Å². The molecular formula is C22H26Cl2N2O4S. The van der Waals surface area contributed by atoms with Crippen LogP contribution in [0.3, 0.4) is 0 Å². The maximum Gasteiger partial charge on any atom is 0.251 e. The Kier molecular flexibility index (Phi) is 7.33. The number of halogens is 2. The van der Waals surface area contributed by atoms with Crippen molar-refractivity contribution in [3.63, 3.8) is 0 Å². The molecule has 1 saturated heterocycles. The molecule has 1 heterocycles. The first-order valence-corrected chi connectivity index (χ1v) is 12.2. The van der Waals surface area contributed by atoms with Gasteiger partial charge < -0.3 is 10.1 Å². The molecule has 1 aliphatic heterocycles. The van der Waals surface area contributed by atoms with E-state index in [4.69, 9.17) is 27.9 Å². The number of amides is 1. The average molecular weight is 485 g/mol. The van der Waals surface area contributed by atoms with Gasteiger partial charge in [-0.05, 0) is 74.7 Å². The summed E-state index contributed by atoms with van der Waals surface area (Å²) >= 11 is 12.6. The van der Waals surface area contributed by atoms with Crippen LogP contribution in [0.4, 0.5) is 0 Å². The normalized spacial score (nSPS) is 16.2. The molecule has 0 saturated carbocycles. The number of nitrogens with one attached hydrogen (secondary N) is 2. The maximum atomic E-state index is 13.0. The maximum absolute atomic E-state index is 13.0. The molecule has 1 aliphatic rings. The number of benzene rings is 2. The fourth-order valence-corrected chi connectivity index (χ4v) is 5.60. The number of hydrogen-bond acceptors (Lipinski definition) is 4. The first-order chi connectivity index (χ1) is 14.6. The lowest BCUT2D eigenvalue weighted by atomic mass is 9.74. The number of carbonyl (C=O) groups is 1. The number of hydrogen-bond donors (Lipinski definition) is 2. The highest BCUT2D eigenvalue weighted by atomic mass is 35.5. The van der Waals surface area contributed by atoms with Crippen LogP contribution in [0.5, 0.6) is 0 Å². The molecule has 31 heavy (non-hydrogen) atoms. The second-order valence-corrected chi connectivity index (χ2v) is 10.5. The number of sulfonamides is 1. The van der Waals surface area contributed by atoms with E-state index in [1.807, 2.05) is 6.07 Å². The van der Waals surface area contributed by atoms with Crippen molar-refractivity contribution in [3.05, 3.63) is 62.6 Å². The van der Waals surface area contributed by atoms with Crippen LogP contribution >= 0.6 is 23.2 Å². The zero-order chi connectivity index (χ0) is 22.8. The first kappa shape index (κ1) is 24.0. The van der Waals surface area contributed by atoms with Crippen LogP contribution in [0.25, 0.3) is 0 Å². The van der Waals surface area contributed by atoms with Crippen molar-refractivity contribution in [1.29, 1.82) is 0 Å². The van der Waals surface area contributed by atoms with E-state index >= 15 is 0 Å². The quantitative estimate of drug-likeness (QED) is 0.648. The number of aryl methyl sites for hydroxylation is 1. The predicted octanol–water partition coefficient (Wildman–Crippen LogP) is 4.00. The Morgan fingerprint density at radius 3 is 2.42 bits per heavy atom. The van der Waals surface area contributed by atoms with E-state index in [9.17, 15) is 13.2 Å². The smallest absolute Gasteiger partial charge is 0.251 e. The summed E-state index contributed by atoms with van der Waals surface area (Å²) in [5.41, 5.74) is 2.15. The summed E-state index contributed by atoms with van der Waals surface area (Å²) in [5.74, 6) is -0.341.